The number of aliphatic hydroxyl groups is 1. The van der Waals surface area contributed by atoms with Crippen molar-refractivity contribution in [1.29, 1.82) is 0 Å². The van der Waals surface area contributed by atoms with E-state index in [1.165, 1.54) is 5.56 Å². The van der Waals surface area contributed by atoms with E-state index in [1.54, 1.807) is 0 Å². The maximum absolute atomic E-state index is 9.23. The van der Waals surface area contributed by atoms with Crippen LogP contribution in [-0.4, -0.2) is 30.3 Å². The number of nitrogens with one attached hydrogen (secondary N) is 1. The predicted octanol–water partition coefficient (Wildman–Crippen LogP) is 3.05. The van der Waals surface area contributed by atoms with Crippen molar-refractivity contribution in [3.63, 3.8) is 0 Å². The molecule has 0 fully saturated rings. The smallest absolute Gasteiger partial charge is 0.0606 e. The SMILES string of the molecule is CC(C)NCc1ccc(Cl)cc1N(CCO)C(C)C. The first-order chi connectivity index (χ1) is 8.95. The van der Waals surface area contributed by atoms with Gasteiger partial charge in [0, 0.05) is 35.9 Å². The molecule has 19 heavy (non-hydrogen) atoms. The Morgan fingerprint density at radius 3 is 2.47 bits per heavy atom. The molecule has 0 aliphatic rings. The van der Waals surface area contributed by atoms with Gasteiger partial charge in [0.05, 0.1) is 6.61 Å². The van der Waals surface area contributed by atoms with Gasteiger partial charge >= 0.3 is 0 Å². The molecule has 0 radical (unpaired) electrons. The summed E-state index contributed by atoms with van der Waals surface area (Å²) in [4.78, 5) is 2.18. The van der Waals surface area contributed by atoms with Gasteiger partial charge in [0.2, 0.25) is 0 Å². The minimum absolute atomic E-state index is 0.141. The monoisotopic (exact) mass is 284 g/mol. The molecule has 0 amide bonds. The lowest BCUT2D eigenvalue weighted by Gasteiger charge is -2.30. The number of rotatable bonds is 7. The molecule has 3 nitrogen and oxygen atoms in total. The van der Waals surface area contributed by atoms with E-state index < -0.39 is 0 Å². The molecule has 0 aliphatic carbocycles. The zero-order valence-corrected chi connectivity index (χ0v) is 13.0. The van der Waals surface area contributed by atoms with Crippen LogP contribution in [0, 0.1) is 0 Å². The number of hydrogen-bond acceptors (Lipinski definition) is 3. The van der Waals surface area contributed by atoms with Crippen LogP contribution >= 0.6 is 11.6 Å². The Kier molecular flexibility index (Phi) is 6.63. The summed E-state index contributed by atoms with van der Waals surface area (Å²) in [6.45, 7) is 10.1. The molecular weight excluding hydrogens is 260 g/mol. The highest BCUT2D eigenvalue weighted by Gasteiger charge is 2.14. The van der Waals surface area contributed by atoms with Gasteiger partial charge in [0.15, 0.2) is 0 Å². The van der Waals surface area contributed by atoms with Crippen molar-refractivity contribution < 1.29 is 5.11 Å². The van der Waals surface area contributed by atoms with Gasteiger partial charge < -0.3 is 15.3 Å². The average molecular weight is 285 g/mol. The highest BCUT2D eigenvalue weighted by Crippen LogP contribution is 2.26. The number of benzene rings is 1. The fourth-order valence-corrected chi connectivity index (χ4v) is 2.20. The van der Waals surface area contributed by atoms with Crippen LogP contribution in [0.5, 0.6) is 0 Å². The number of aliphatic hydroxyl groups excluding tert-OH is 1. The molecule has 0 unspecified atom stereocenters. The predicted molar refractivity (Wildman–Crippen MR) is 83.0 cm³/mol. The van der Waals surface area contributed by atoms with Crippen LogP contribution in [0.1, 0.15) is 33.3 Å². The molecule has 1 rings (SSSR count). The Balaban J connectivity index is 3.03. The summed E-state index contributed by atoms with van der Waals surface area (Å²) in [5.74, 6) is 0. The van der Waals surface area contributed by atoms with Crippen molar-refractivity contribution in [3.8, 4) is 0 Å². The molecule has 0 aromatic heterocycles. The highest BCUT2D eigenvalue weighted by atomic mass is 35.5. The second-order valence-electron chi connectivity index (χ2n) is 5.32. The van der Waals surface area contributed by atoms with Crippen molar-refractivity contribution >= 4 is 17.3 Å². The first kappa shape index (κ1) is 16.3. The van der Waals surface area contributed by atoms with Crippen molar-refractivity contribution in [2.24, 2.45) is 0 Å². The summed E-state index contributed by atoms with van der Waals surface area (Å²) in [5.41, 5.74) is 2.31. The van der Waals surface area contributed by atoms with Crippen molar-refractivity contribution in [2.45, 2.75) is 46.3 Å². The van der Waals surface area contributed by atoms with Gasteiger partial charge in [-0.05, 0) is 31.5 Å². The summed E-state index contributed by atoms with van der Waals surface area (Å²) in [6, 6.07) is 6.71. The molecule has 0 spiro atoms. The fraction of sp³-hybridized carbons (Fsp3) is 0.600. The van der Waals surface area contributed by atoms with Gasteiger partial charge in [-0.25, -0.2) is 0 Å². The Hall–Kier alpha value is -0.770. The molecule has 0 heterocycles. The molecule has 108 valence electrons. The highest BCUT2D eigenvalue weighted by molar-refractivity contribution is 6.30. The quantitative estimate of drug-likeness (QED) is 0.808. The van der Waals surface area contributed by atoms with Gasteiger partial charge in [0.1, 0.15) is 0 Å². The molecule has 0 aliphatic heterocycles. The zero-order chi connectivity index (χ0) is 14.4. The van der Waals surface area contributed by atoms with E-state index in [9.17, 15) is 5.11 Å². The summed E-state index contributed by atoms with van der Waals surface area (Å²) >= 11 is 6.12. The maximum Gasteiger partial charge on any atom is 0.0606 e. The minimum atomic E-state index is 0.141. The molecule has 0 atom stereocenters. The largest absolute Gasteiger partial charge is 0.395 e. The van der Waals surface area contributed by atoms with E-state index in [4.69, 9.17) is 11.6 Å². The minimum Gasteiger partial charge on any atom is -0.395 e. The van der Waals surface area contributed by atoms with Crippen LogP contribution in [-0.2, 0) is 6.54 Å². The van der Waals surface area contributed by atoms with Crippen LogP contribution in [0.25, 0.3) is 0 Å². The van der Waals surface area contributed by atoms with Crippen molar-refractivity contribution in [1.82, 2.24) is 5.32 Å². The second kappa shape index (κ2) is 7.73. The van der Waals surface area contributed by atoms with Crippen molar-refractivity contribution in [3.05, 3.63) is 28.8 Å². The van der Waals surface area contributed by atoms with E-state index in [0.717, 1.165) is 17.3 Å². The average Bonchev–Trinajstić information content (AvgIpc) is 2.33. The molecule has 0 saturated carbocycles. The third-order valence-corrected chi connectivity index (χ3v) is 3.26. The van der Waals surface area contributed by atoms with Crippen LogP contribution in [0.15, 0.2) is 18.2 Å². The van der Waals surface area contributed by atoms with Crippen LogP contribution in [0.4, 0.5) is 5.69 Å². The van der Waals surface area contributed by atoms with E-state index in [2.05, 4.69) is 44.0 Å². The Morgan fingerprint density at radius 2 is 1.95 bits per heavy atom. The van der Waals surface area contributed by atoms with E-state index >= 15 is 0 Å². The summed E-state index contributed by atoms with van der Waals surface area (Å²) in [6.07, 6.45) is 0. The van der Waals surface area contributed by atoms with Crippen LogP contribution < -0.4 is 10.2 Å². The fourth-order valence-electron chi connectivity index (χ4n) is 2.03. The molecule has 0 saturated heterocycles. The van der Waals surface area contributed by atoms with Crippen molar-refractivity contribution in [2.75, 3.05) is 18.1 Å². The zero-order valence-electron chi connectivity index (χ0n) is 12.3. The Bertz CT molecular complexity index is 394. The van der Waals surface area contributed by atoms with E-state index in [0.29, 0.717) is 18.6 Å². The number of nitrogens with zero attached hydrogens (tertiary/aromatic N) is 1. The Labute approximate surface area is 121 Å². The Morgan fingerprint density at radius 1 is 1.26 bits per heavy atom. The second-order valence-corrected chi connectivity index (χ2v) is 5.76. The lowest BCUT2D eigenvalue weighted by Crippen LogP contribution is -2.35. The van der Waals surface area contributed by atoms with Gasteiger partial charge in [0.25, 0.3) is 0 Å². The summed E-state index contributed by atoms with van der Waals surface area (Å²) in [5, 5.41) is 13.4. The lowest BCUT2D eigenvalue weighted by atomic mass is 10.1. The number of hydrogen-bond donors (Lipinski definition) is 2. The molecule has 2 N–H and O–H groups in total. The van der Waals surface area contributed by atoms with Gasteiger partial charge in [-0.3, -0.25) is 0 Å². The van der Waals surface area contributed by atoms with E-state index in [-0.39, 0.29) is 6.61 Å². The summed E-state index contributed by atoms with van der Waals surface area (Å²) in [7, 11) is 0. The normalized spacial score (nSPS) is 11.4. The number of anilines is 1. The lowest BCUT2D eigenvalue weighted by molar-refractivity contribution is 0.299. The molecular formula is C15H25ClN2O. The van der Waals surface area contributed by atoms with Gasteiger partial charge in [-0.15, -0.1) is 0 Å². The third kappa shape index (κ3) is 5.01. The van der Waals surface area contributed by atoms with Crippen LogP contribution in [0.3, 0.4) is 0 Å². The molecule has 4 heteroatoms. The maximum atomic E-state index is 9.23. The van der Waals surface area contributed by atoms with E-state index in [1.807, 2.05) is 12.1 Å². The topological polar surface area (TPSA) is 35.5 Å². The van der Waals surface area contributed by atoms with Gasteiger partial charge in [-0.2, -0.15) is 0 Å². The van der Waals surface area contributed by atoms with Crippen LogP contribution in [0.2, 0.25) is 5.02 Å². The number of halogens is 1. The third-order valence-electron chi connectivity index (χ3n) is 3.02. The van der Waals surface area contributed by atoms with Gasteiger partial charge in [-0.1, -0.05) is 31.5 Å². The molecule has 0 bridgehead atoms. The molecule has 1 aromatic rings. The summed E-state index contributed by atoms with van der Waals surface area (Å²) < 4.78 is 0. The molecule has 1 aromatic carbocycles. The first-order valence-electron chi connectivity index (χ1n) is 6.85. The first-order valence-corrected chi connectivity index (χ1v) is 7.22. The standard InChI is InChI=1S/C15H25ClN2O/c1-11(2)17-10-13-5-6-14(16)9-15(13)18(7-8-19)12(3)4/h5-6,9,11-12,17,19H,7-8,10H2,1-4H3.